The molecule has 0 aliphatic heterocycles. The Morgan fingerprint density at radius 3 is 2.42 bits per heavy atom. The molecule has 0 unspecified atom stereocenters. The summed E-state index contributed by atoms with van der Waals surface area (Å²) in [7, 11) is -3.75. The third-order valence-corrected chi connectivity index (χ3v) is 5.41. The van der Waals surface area contributed by atoms with Crippen molar-refractivity contribution >= 4 is 26.7 Å². The Morgan fingerprint density at radius 2 is 1.75 bits per heavy atom. The van der Waals surface area contributed by atoms with E-state index in [-0.39, 0.29) is 16.8 Å². The number of carbonyl (C=O) groups is 1. The minimum atomic E-state index is -3.75. The first-order valence-corrected chi connectivity index (χ1v) is 9.63. The van der Waals surface area contributed by atoms with E-state index in [9.17, 15) is 13.2 Å². The second-order valence-corrected chi connectivity index (χ2v) is 7.76. The predicted octanol–water partition coefficient (Wildman–Crippen LogP) is 2.81. The Bertz CT molecular complexity index is 818. The van der Waals surface area contributed by atoms with E-state index in [1.165, 1.54) is 0 Å². The molecule has 0 bridgehead atoms. The number of hydrogen-bond acceptors (Lipinski definition) is 3. The SMILES string of the molecule is CCC[C@H](C)NC(=O)[C@H](C)NS(=O)(=O)c1ccc2ccccc2c1. The minimum absolute atomic E-state index is 0.0233. The van der Waals surface area contributed by atoms with Crippen LogP contribution in [-0.4, -0.2) is 26.4 Å². The van der Waals surface area contributed by atoms with E-state index >= 15 is 0 Å². The molecule has 0 heterocycles. The van der Waals surface area contributed by atoms with E-state index in [1.54, 1.807) is 25.1 Å². The summed E-state index contributed by atoms with van der Waals surface area (Å²) < 4.78 is 27.5. The zero-order valence-electron chi connectivity index (χ0n) is 14.2. The highest BCUT2D eigenvalue weighted by molar-refractivity contribution is 7.89. The summed E-state index contributed by atoms with van der Waals surface area (Å²) in [5.74, 6) is -0.319. The maximum absolute atomic E-state index is 12.5. The third kappa shape index (κ3) is 4.55. The molecule has 2 N–H and O–H groups in total. The lowest BCUT2D eigenvalue weighted by molar-refractivity contribution is -0.123. The second-order valence-electron chi connectivity index (χ2n) is 6.05. The van der Waals surface area contributed by atoms with Gasteiger partial charge in [-0.25, -0.2) is 8.42 Å². The summed E-state index contributed by atoms with van der Waals surface area (Å²) in [4.78, 5) is 12.3. The van der Waals surface area contributed by atoms with Gasteiger partial charge in [-0.2, -0.15) is 4.72 Å². The number of nitrogens with one attached hydrogen (secondary N) is 2. The van der Waals surface area contributed by atoms with Gasteiger partial charge < -0.3 is 5.32 Å². The molecule has 130 valence electrons. The molecule has 24 heavy (non-hydrogen) atoms. The molecule has 6 heteroatoms. The molecule has 2 rings (SSSR count). The lowest BCUT2D eigenvalue weighted by Gasteiger charge is -2.18. The molecule has 0 aliphatic carbocycles. The predicted molar refractivity (Wildman–Crippen MR) is 96.2 cm³/mol. The van der Waals surface area contributed by atoms with Crippen molar-refractivity contribution in [2.45, 2.75) is 50.6 Å². The Kier molecular flexibility index (Phi) is 5.96. The van der Waals surface area contributed by atoms with E-state index in [1.807, 2.05) is 38.1 Å². The van der Waals surface area contributed by atoms with Gasteiger partial charge in [-0.1, -0.05) is 43.7 Å². The van der Waals surface area contributed by atoms with Gasteiger partial charge in [-0.3, -0.25) is 4.79 Å². The molecular weight excluding hydrogens is 324 g/mol. The zero-order valence-corrected chi connectivity index (χ0v) is 15.1. The van der Waals surface area contributed by atoms with E-state index in [0.29, 0.717) is 0 Å². The molecule has 1 amide bonds. The maximum Gasteiger partial charge on any atom is 0.241 e. The van der Waals surface area contributed by atoms with Gasteiger partial charge in [0.15, 0.2) is 0 Å². The third-order valence-electron chi connectivity index (χ3n) is 3.87. The van der Waals surface area contributed by atoms with E-state index < -0.39 is 16.1 Å². The van der Waals surface area contributed by atoms with Crippen LogP contribution in [0.4, 0.5) is 0 Å². The summed E-state index contributed by atoms with van der Waals surface area (Å²) >= 11 is 0. The van der Waals surface area contributed by atoms with Gasteiger partial charge >= 0.3 is 0 Å². The van der Waals surface area contributed by atoms with Crippen LogP contribution in [0.5, 0.6) is 0 Å². The Labute approximate surface area is 143 Å². The van der Waals surface area contributed by atoms with Gasteiger partial charge in [0.05, 0.1) is 10.9 Å². The normalized spacial score (nSPS) is 14.3. The monoisotopic (exact) mass is 348 g/mol. The summed E-state index contributed by atoms with van der Waals surface area (Å²) in [6.45, 7) is 5.49. The van der Waals surface area contributed by atoms with Crippen LogP contribution in [0.25, 0.3) is 10.8 Å². The van der Waals surface area contributed by atoms with Crippen molar-refractivity contribution in [1.29, 1.82) is 0 Å². The number of amides is 1. The van der Waals surface area contributed by atoms with Crippen molar-refractivity contribution in [2.75, 3.05) is 0 Å². The fraction of sp³-hybridized carbons (Fsp3) is 0.389. The summed E-state index contributed by atoms with van der Waals surface area (Å²) in [5, 5.41) is 4.63. The van der Waals surface area contributed by atoms with Crippen molar-refractivity contribution in [1.82, 2.24) is 10.0 Å². The molecule has 0 radical (unpaired) electrons. The average molecular weight is 348 g/mol. The van der Waals surface area contributed by atoms with E-state index in [4.69, 9.17) is 0 Å². The number of hydrogen-bond donors (Lipinski definition) is 2. The zero-order chi connectivity index (χ0) is 17.7. The highest BCUT2D eigenvalue weighted by Gasteiger charge is 2.23. The quantitative estimate of drug-likeness (QED) is 0.808. The van der Waals surface area contributed by atoms with Crippen LogP contribution in [0.2, 0.25) is 0 Å². The van der Waals surface area contributed by atoms with Gasteiger partial charge in [0, 0.05) is 6.04 Å². The van der Waals surface area contributed by atoms with Gasteiger partial charge in [-0.15, -0.1) is 0 Å². The molecule has 0 spiro atoms. The molecule has 0 saturated carbocycles. The van der Waals surface area contributed by atoms with E-state index in [2.05, 4.69) is 10.0 Å². The van der Waals surface area contributed by atoms with Crippen molar-refractivity contribution in [2.24, 2.45) is 0 Å². The standard InChI is InChI=1S/C18H24N2O3S/c1-4-7-13(2)19-18(21)14(3)20-24(22,23)17-11-10-15-8-5-6-9-16(15)12-17/h5-6,8-14,20H,4,7H2,1-3H3,(H,19,21)/t13-,14-/m0/s1. The van der Waals surface area contributed by atoms with Crippen molar-refractivity contribution < 1.29 is 13.2 Å². The average Bonchev–Trinajstić information content (AvgIpc) is 2.54. The van der Waals surface area contributed by atoms with Crippen LogP contribution in [0.3, 0.4) is 0 Å². The minimum Gasteiger partial charge on any atom is -0.352 e. The molecule has 0 fully saturated rings. The van der Waals surface area contributed by atoms with Crippen LogP contribution >= 0.6 is 0 Å². The smallest absolute Gasteiger partial charge is 0.241 e. The molecule has 2 aromatic carbocycles. The molecule has 2 atom stereocenters. The Morgan fingerprint density at radius 1 is 1.08 bits per heavy atom. The Hall–Kier alpha value is -1.92. The van der Waals surface area contributed by atoms with Crippen LogP contribution in [-0.2, 0) is 14.8 Å². The highest BCUT2D eigenvalue weighted by Crippen LogP contribution is 2.19. The summed E-state index contributed by atoms with van der Waals surface area (Å²) in [6.07, 6.45) is 1.81. The number of rotatable bonds is 7. The molecule has 0 aromatic heterocycles. The van der Waals surface area contributed by atoms with Crippen LogP contribution in [0.1, 0.15) is 33.6 Å². The van der Waals surface area contributed by atoms with Gasteiger partial charge in [0.25, 0.3) is 0 Å². The fourth-order valence-electron chi connectivity index (χ4n) is 2.56. The van der Waals surface area contributed by atoms with Crippen LogP contribution < -0.4 is 10.0 Å². The summed E-state index contributed by atoms with van der Waals surface area (Å²) in [6, 6.07) is 11.7. The van der Waals surface area contributed by atoms with Crippen molar-refractivity contribution in [3.63, 3.8) is 0 Å². The van der Waals surface area contributed by atoms with Crippen molar-refractivity contribution in [3.8, 4) is 0 Å². The van der Waals surface area contributed by atoms with Crippen LogP contribution in [0.15, 0.2) is 47.4 Å². The lowest BCUT2D eigenvalue weighted by Crippen LogP contribution is -2.47. The number of fused-ring (bicyclic) bond motifs is 1. The molecular formula is C18H24N2O3S. The van der Waals surface area contributed by atoms with E-state index in [0.717, 1.165) is 23.6 Å². The summed E-state index contributed by atoms with van der Waals surface area (Å²) in [5.41, 5.74) is 0. The van der Waals surface area contributed by atoms with Gasteiger partial charge in [-0.05, 0) is 43.2 Å². The molecule has 2 aromatic rings. The number of carbonyl (C=O) groups excluding carboxylic acids is 1. The first-order chi connectivity index (χ1) is 11.3. The molecule has 5 nitrogen and oxygen atoms in total. The first kappa shape index (κ1) is 18.4. The maximum atomic E-state index is 12.5. The highest BCUT2D eigenvalue weighted by atomic mass is 32.2. The second kappa shape index (κ2) is 7.77. The lowest BCUT2D eigenvalue weighted by atomic mass is 10.1. The van der Waals surface area contributed by atoms with Crippen LogP contribution in [0, 0.1) is 0 Å². The number of benzene rings is 2. The Balaban J connectivity index is 2.12. The largest absolute Gasteiger partial charge is 0.352 e. The fourth-order valence-corrected chi connectivity index (χ4v) is 3.80. The first-order valence-electron chi connectivity index (χ1n) is 8.15. The van der Waals surface area contributed by atoms with Gasteiger partial charge in [0.2, 0.25) is 15.9 Å². The molecule has 0 saturated heterocycles. The topological polar surface area (TPSA) is 75.3 Å². The van der Waals surface area contributed by atoms with Crippen molar-refractivity contribution in [3.05, 3.63) is 42.5 Å². The van der Waals surface area contributed by atoms with Gasteiger partial charge in [0.1, 0.15) is 0 Å². The number of sulfonamides is 1. The molecule has 0 aliphatic rings.